The first-order valence-corrected chi connectivity index (χ1v) is 6.20. The number of rotatable bonds is 3. The monoisotopic (exact) mass is 255 g/mol. The van der Waals surface area contributed by atoms with Crippen molar-refractivity contribution in [2.75, 3.05) is 0 Å². The predicted molar refractivity (Wildman–Crippen MR) is 75.2 cm³/mol. The molecule has 0 bridgehead atoms. The number of phenolic OH excluding ortho intramolecular Hbond substituents is 1. The lowest BCUT2D eigenvalue weighted by Crippen LogP contribution is -2.23. The SMILES string of the molecule is Cc1cc(C(=O)NCc2ccccc2C)ccc1O. The van der Waals surface area contributed by atoms with Crippen LogP contribution in [0.25, 0.3) is 0 Å². The van der Waals surface area contributed by atoms with E-state index < -0.39 is 0 Å². The molecule has 0 spiro atoms. The summed E-state index contributed by atoms with van der Waals surface area (Å²) in [5.74, 6) is 0.0711. The van der Waals surface area contributed by atoms with Gasteiger partial charge >= 0.3 is 0 Å². The Morgan fingerprint density at radius 3 is 2.53 bits per heavy atom. The maximum atomic E-state index is 12.0. The standard InChI is InChI=1S/C16H17NO2/c1-11-5-3-4-6-14(11)10-17-16(19)13-7-8-15(18)12(2)9-13/h3-9,18H,10H2,1-2H3,(H,17,19). The number of hydrogen-bond donors (Lipinski definition) is 2. The summed E-state index contributed by atoms with van der Waals surface area (Å²) < 4.78 is 0. The smallest absolute Gasteiger partial charge is 0.251 e. The fraction of sp³-hybridized carbons (Fsp3) is 0.188. The molecule has 0 unspecified atom stereocenters. The fourth-order valence-electron chi connectivity index (χ4n) is 1.88. The molecule has 2 rings (SSSR count). The summed E-state index contributed by atoms with van der Waals surface area (Å²) in [6, 6.07) is 12.8. The molecular formula is C16H17NO2. The topological polar surface area (TPSA) is 49.3 Å². The van der Waals surface area contributed by atoms with Gasteiger partial charge in [0.1, 0.15) is 5.75 Å². The minimum absolute atomic E-state index is 0.133. The molecule has 0 aliphatic carbocycles. The number of carbonyl (C=O) groups is 1. The second kappa shape index (κ2) is 5.57. The minimum Gasteiger partial charge on any atom is -0.508 e. The van der Waals surface area contributed by atoms with E-state index in [4.69, 9.17) is 0 Å². The van der Waals surface area contributed by atoms with Gasteiger partial charge in [0.15, 0.2) is 0 Å². The Kier molecular flexibility index (Phi) is 3.85. The largest absolute Gasteiger partial charge is 0.508 e. The van der Waals surface area contributed by atoms with Crippen LogP contribution >= 0.6 is 0 Å². The maximum Gasteiger partial charge on any atom is 0.251 e. The van der Waals surface area contributed by atoms with E-state index >= 15 is 0 Å². The van der Waals surface area contributed by atoms with Crippen LogP contribution in [0.3, 0.4) is 0 Å². The number of nitrogens with one attached hydrogen (secondary N) is 1. The van der Waals surface area contributed by atoms with Gasteiger partial charge < -0.3 is 10.4 Å². The van der Waals surface area contributed by atoms with E-state index in [1.165, 1.54) is 6.07 Å². The van der Waals surface area contributed by atoms with E-state index in [0.717, 1.165) is 11.1 Å². The normalized spacial score (nSPS) is 10.2. The Labute approximate surface area is 112 Å². The molecule has 3 heteroatoms. The van der Waals surface area contributed by atoms with Gasteiger partial charge in [0, 0.05) is 12.1 Å². The van der Waals surface area contributed by atoms with Crippen molar-refractivity contribution in [3.05, 3.63) is 64.7 Å². The Morgan fingerprint density at radius 2 is 1.84 bits per heavy atom. The lowest BCUT2D eigenvalue weighted by Gasteiger charge is -2.08. The van der Waals surface area contributed by atoms with Crippen molar-refractivity contribution < 1.29 is 9.90 Å². The second-order valence-corrected chi connectivity index (χ2v) is 4.61. The summed E-state index contributed by atoms with van der Waals surface area (Å²) in [6.45, 7) is 4.30. The van der Waals surface area contributed by atoms with E-state index in [0.29, 0.717) is 17.7 Å². The van der Waals surface area contributed by atoms with E-state index in [9.17, 15) is 9.90 Å². The summed E-state index contributed by atoms with van der Waals surface area (Å²) in [4.78, 5) is 12.0. The average Bonchev–Trinajstić information content (AvgIpc) is 2.40. The molecule has 0 aromatic heterocycles. The Balaban J connectivity index is 2.05. The summed E-state index contributed by atoms with van der Waals surface area (Å²) in [5.41, 5.74) is 3.52. The van der Waals surface area contributed by atoms with Gasteiger partial charge in [0.25, 0.3) is 5.91 Å². The van der Waals surface area contributed by atoms with Crippen molar-refractivity contribution in [1.82, 2.24) is 5.32 Å². The van der Waals surface area contributed by atoms with Gasteiger partial charge in [0.2, 0.25) is 0 Å². The van der Waals surface area contributed by atoms with Gasteiger partial charge in [-0.3, -0.25) is 4.79 Å². The van der Waals surface area contributed by atoms with Gasteiger partial charge in [-0.25, -0.2) is 0 Å². The molecule has 3 nitrogen and oxygen atoms in total. The molecule has 0 aliphatic rings. The van der Waals surface area contributed by atoms with Crippen LogP contribution in [0.2, 0.25) is 0 Å². The summed E-state index contributed by atoms with van der Waals surface area (Å²) >= 11 is 0. The number of hydrogen-bond acceptors (Lipinski definition) is 2. The molecule has 0 fully saturated rings. The first-order chi connectivity index (χ1) is 9.08. The molecule has 0 atom stereocenters. The van der Waals surface area contributed by atoms with Crippen LogP contribution in [-0.2, 0) is 6.54 Å². The summed E-state index contributed by atoms with van der Waals surface area (Å²) in [6.07, 6.45) is 0. The van der Waals surface area contributed by atoms with Gasteiger partial charge in [-0.2, -0.15) is 0 Å². The number of aryl methyl sites for hydroxylation is 2. The number of carbonyl (C=O) groups excluding carboxylic acids is 1. The van der Waals surface area contributed by atoms with E-state index in [-0.39, 0.29) is 11.7 Å². The number of amides is 1. The van der Waals surface area contributed by atoms with Crippen molar-refractivity contribution in [2.24, 2.45) is 0 Å². The van der Waals surface area contributed by atoms with Gasteiger partial charge in [-0.1, -0.05) is 24.3 Å². The molecule has 2 aromatic carbocycles. The first kappa shape index (κ1) is 13.1. The molecule has 2 aromatic rings. The fourth-order valence-corrected chi connectivity index (χ4v) is 1.88. The third-order valence-electron chi connectivity index (χ3n) is 3.16. The van der Waals surface area contributed by atoms with Gasteiger partial charge in [-0.15, -0.1) is 0 Å². The van der Waals surface area contributed by atoms with Crippen molar-refractivity contribution in [2.45, 2.75) is 20.4 Å². The third kappa shape index (κ3) is 3.13. The zero-order chi connectivity index (χ0) is 13.8. The van der Waals surface area contributed by atoms with Crippen LogP contribution < -0.4 is 5.32 Å². The molecule has 98 valence electrons. The van der Waals surface area contributed by atoms with Crippen LogP contribution in [-0.4, -0.2) is 11.0 Å². The van der Waals surface area contributed by atoms with E-state index in [2.05, 4.69) is 5.32 Å². The maximum absolute atomic E-state index is 12.0. The molecule has 19 heavy (non-hydrogen) atoms. The van der Waals surface area contributed by atoms with Gasteiger partial charge in [-0.05, 0) is 48.7 Å². The zero-order valence-electron chi connectivity index (χ0n) is 11.1. The van der Waals surface area contributed by atoms with E-state index in [1.807, 2.05) is 31.2 Å². The Hall–Kier alpha value is -2.29. The van der Waals surface area contributed by atoms with Crippen molar-refractivity contribution in [1.29, 1.82) is 0 Å². The predicted octanol–water partition coefficient (Wildman–Crippen LogP) is 2.94. The molecule has 0 saturated heterocycles. The Bertz CT molecular complexity index is 605. The highest BCUT2D eigenvalue weighted by molar-refractivity contribution is 5.94. The minimum atomic E-state index is -0.133. The lowest BCUT2D eigenvalue weighted by atomic mass is 10.1. The number of benzene rings is 2. The first-order valence-electron chi connectivity index (χ1n) is 6.20. The van der Waals surface area contributed by atoms with Gasteiger partial charge in [0.05, 0.1) is 0 Å². The van der Waals surface area contributed by atoms with Crippen molar-refractivity contribution >= 4 is 5.91 Å². The quantitative estimate of drug-likeness (QED) is 0.886. The number of phenols is 1. The van der Waals surface area contributed by atoms with Crippen molar-refractivity contribution in [3.8, 4) is 5.75 Å². The second-order valence-electron chi connectivity index (χ2n) is 4.61. The highest BCUT2D eigenvalue weighted by atomic mass is 16.3. The zero-order valence-corrected chi connectivity index (χ0v) is 11.1. The van der Waals surface area contributed by atoms with E-state index in [1.54, 1.807) is 19.1 Å². The van der Waals surface area contributed by atoms with Crippen LogP contribution in [0.4, 0.5) is 0 Å². The highest BCUT2D eigenvalue weighted by Crippen LogP contribution is 2.17. The molecule has 0 radical (unpaired) electrons. The third-order valence-corrected chi connectivity index (χ3v) is 3.16. The van der Waals surface area contributed by atoms with Crippen LogP contribution in [0.5, 0.6) is 5.75 Å². The highest BCUT2D eigenvalue weighted by Gasteiger charge is 2.07. The number of aromatic hydroxyl groups is 1. The molecule has 0 aliphatic heterocycles. The molecule has 0 saturated carbocycles. The lowest BCUT2D eigenvalue weighted by molar-refractivity contribution is 0.0951. The summed E-state index contributed by atoms with van der Waals surface area (Å²) in [5, 5.41) is 12.3. The molecule has 2 N–H and O–H groups in total. The van der Waals surface area contributed by atoms with Crippen molar-refractivity contribution in [3.63, 3.8) is 0 Å². The van der Waals surface area contributed by atoms with Crippen LogP contribution in [0.1, 0.15) is 27.0 Å². The van der Waals surface area contributed by atoms with Crippen LogP contribution in [0.15, 0.2) is 42.5 Å². The van der Waals surface area contributed by atoms with Crippen LogP contribution in [0, 0.1) is 13.8 Å². The Morgan fingerprint density at radius 1 is 1.11 bits per heavy atom. The summed E-state index contributed by atoms with van der Waals surface area (Å²) in [7, 11) is 0. The molecular weight excluding hydrogens is 238 g/mol. The average molecular weight is 255 g/mol. The molecule has 1 amide bonds. The molecule has 0 heterocycles.